The molecule has 6 nitrogen and oxygen atoms in total. The molecule has 1 unspecified atom stereocenters. The van der Waals surface area contributed by atoms with Crippen LogP contribution in [0.1, 0.15) is 36.1 Å². The van der Waals surface area contributed by atoms with Crippen molar-refractivity contribution in [2.45, 2.75) is 32.3 Å². The lowest BCUT2D eigenvalue weighted by Gasteiger charge is -2.17. The summed E-state index contributed by atoms with van der Waals surface area (Å²) in [4.78, 5) is 4.71. The van der Waals surface area contributed by atoms with Crippen LogP contribution in [0, 0.1) is 0 Å². The second kappa shape index (κ2) is 9.61. The second-order valence-corrected chi connectivity index (χ2v) is 8.11. The Hall–Kier alpha value is -4.06. The highest BCUT2D eigenvalue weighted by atomic mass is 16.5. The van der Waals surface area contributed by atoms with Gasteiger partial charge in [-0.2, -0.15) is 0 Å². The fourth-order valence-corrected chi connectivity index (χ4v) is 4.07. The molecule has 1 atom stereocenters. The largest absolute Gasteiger partial charge is 0.487 e. The van der Waals surface area contributed by atoms with Crippen LogP contribution >= 0.6 is 0 Å². The number of aromatic amines is 1. The van der Waals surface area contributed by atoms with Gasteiger partial charge in [0.05, 0.1) is 11.2 Å². The van der Waals surface area contributed by atoms with Crippen LogP contribution in [0.25, 0.3) is 22.3 Å². The normalized spacial score (nSPS) is 12.0. The van der Waals surface area contributed by atoms with Crippen molar-refractivity contribution < 1.29 is 4.74 Å². The first-order chi connectivity index (χ1) is 16.3. The third kappa shape index (κ3) is 4.90. The molecule has 5 aromatic rings. The molecule has 0 saturated carbocycles. The first kappa shape index (κ1) is 20.8. The highest BCUT2D eigenvalue weighted by Crippen LogP contribution is 2.28. The molecule has 0 fully saturated rings. The van der Waals surface area contributed by atoms with Gasteiger partial charge < -0.3 is 4.74 Å². The standard InChI is InChI=1S/C27H25N5O/c1-2-20(16-19-10-12-22(13-11-19)27-29-31-32-30-27)23-7-5-8-25(17-23)33-18-24-15-14-21-6-3-4-9-26(21)28-24/h3-15,17,20H,2,16,18H2,1H3,(H,29,30,31,32). The van der Waals surface area contributed by atoms with Crippen LogP contribution in [0.4, 0.5) is 0 Å². The average molecular weight is 436 g/mol. The number of rotatable bonds is 8. The summed E-state index contributed by atoms with van der Waals surface area (Å²) < 4.78 is 6.10. The maximum Gasteiger partial charge on any atom is 0.179 e. The number of H-pyrrole nitrogens is 1. The molecule has 0 bridgehead atoms. The molecule has 0 saturated heterocycles. The van der Waals surface area contributed by atoms with Crippen molar-refractivity contribution in [3.8, 4) is 17.1 Å². The molecule has 0 amide bonds. The van der Waals surface area contributed by atoms with Crippen LogP contribution in [0.3, 0.4) is 0 Å². The van der Waals surface area contributed by atoms with Gasteiger partial charge in [-0.1, -0.05) is 67.6 Å². The molecule has 33 heavy (non-hydrogen) atoms. The van der Waals surface area contributed by atoms with Gasteiger partial charge in [-0.05, 0) is 64.6 Å². The number of benzene rings is 3. The quantitative estimate of drug-likeness (QED) is 0.337. The zero-order valence-electron chi connectivity index (χ0n) is 18.5. The van der Waals surface area contributed by atoms with Gasteiger partial charge in [-0.3, -0.25) is 0 Å². The van der Waals surface area contributed by atoms with E-state index in [0.717, 1.165) is 40.8 Å². The number of tetrazole rings is 1. The summed E-state index contributed by atoms with van der Waals surface area (Å²) in [6.07, 6.45) is 2.00. The van der Waals surface area contributed by atoms with Gasteiger partial charge in [0, 0.05) is 10.9 Å². The molecule has 164 valence electrons. The molecule has 0 spiro atoms. The number of nitrogens with one attached hydrogen (secondary N) is 1. The third-order valence-electron chi connectivity index (χ3n) is 5.92. The highest BCUT2D eigenvalue weighted by molar-refractivity contribution is 5.78. The molecular formula is C27H25N5O. The Morgan fingerprint density at radius 2 is 1.79 bits per heavy atom. The Kier molecular flexibility index (Phi) is 6.06. The number of hydrogen-bond donors (Lipinski definition) is 1. The van der Waals surface area contributed by atoms with E-state index in [9.17, 15) is 0 Å². The third-order valence-corrected chi connectivity index (χ3v) is 5.92. The summed E-state index contributed by atoms with van der Waals surface area (Å²) in [6, 6.07) is 29.1. The van der Waals surface area contributed by atoms with E-state index in [2.05, 4.69) is 82.1 Å². The zero-order chi connectivity index (χ0) is 22.5. The van der Waals surface area contributed by atoms with Gasteiger partial charge >= 0.3 is 0 Å². The maximum atomic E-state index is 6.10. The number of ether oxygens (including phenoxy) is 1. The second-order valence-electron chi connectivity index (χ2n) is 8.11. The van der Waals surface area contributed by atoms with E-state index in [4.69, 9.17) is 9.72 Å². The van der Waals surface area contributed by atoms with E-state index in [-0.39, 0.29) is 0 Å². The van der Waals surface area contributed by atoms with Crippen molar-refractivity contribution in [3.05, 3.63) is 102 Å². The molecule has 5 rings (SSSR count). The Balaban J connectivity index is 1.26. The molecule has 0 aliphatic rings. The smallest absolute Gasteiger partial charge is 0.179 e. The Labute approximate surface area is 192 Å². The van der Waals surface area contributed by atoms with Crippen LogP contribution < -0.4 is 4.74 Å². The molecule has 2 aromatic heterocycles. The molecule has 0 aliphatic carbocycles. The summed E-state index contributed by atoms with van der Waals surface area (Å²) in [6.45, 7) is 2.68. The molecule has 3 aromatic carbocycles. The number of fused-ring (bicyclic) bond motifs is 1. The molecular weight excluding hydrogens is 410 g/mol. The summed E-state index contributed by atoms with van der Waals surface area (Å²) in [5, 5.41) is 15.2. The van der Waals surface area contributed by atoms with Crippen LogP contribution in [0.15, 0.2) is 84.9 Å². The lowest BCUT2D eigenvalue weighted by molar-refractivity contribution is 0.301. The minimum Gasteiger partial charge on any atom is -0.487 e. The first-order valence-electron chi connectivity index (χ1n) is 11.2. The van der Waals surface area contributed by atoms with Crippen LogP contribution in [-0.2, 0) is 13.0 Å². The number of para-hydroxylation sites is 1. The molecule has 0 radical (unpaired) electrons. The van der Waals surface area contributed by atoms with E-state index in [1.807, 2.05) is 30.3 Å². The van der Waals surface area contributed by atoms with E-state index >= 15 is 0 Å². The summed E-state index contributed by atoms with van der Waals surface area (Å²) >= 11 is 0. The van der Waals surface area contributed by atoms with Crippen molar-refractivity contribution in [2.24, 2.45) is 0 Å². The highest BCUT2D eigenvalue weighted by Gasteiger charge is 2.12. The number of nitrogens with zero attached hydrogens (tertiary/aromatic N) is 4. The van der Waals surface area contributed by atoms with Gasteiger partial charge in [0.2, 0.25) is 0 Å². The maximum absolute atomic E-state index is 6.10. The first-order valence-corrected chi connectivity index (χ1v) is 11.2. The van der Waals surface area contributed by atoms with Crippen LogP contribution in [0.2, 0.25) is 0 Å². The molecule has 2 heterocycles. The van der Waals surface area contributed by atoms with E-state index in [0.29, 0.717) is 18.3 Å². The van der Waals surface area contributed by atoms with Gasteiger partial charge in [-0.15, -0.1) is 5.10 Å². The van der Waals surface area contributed by atoms with Gasteiger partial charge in [0.15, 0.2) is 5.82 Å². The lowest BCUT2D eigenvalue weighted by atomic mass is 9.89. The van der Waals surface area contributed by atoms with Crippen LogP contribution in [-0.4, -0.2) is 25.6 Å². The zero-order valence-corrected chi connectivity index (χ0v) is 18.5. The average Bonchev–Trinajstić information content (AvgIpc) is 3.41. The van der Waals surface area contributed by atoms with Crippen LogP contribution in [0.5, 0.6) is 5.75 Å². The van der Waals surface area contributed by atoms with E-state index in [1.54, 1.807) is 0 Å². The Morgan fingerprint density at radius 1 is 0.909 bits per heavy atom. The van der Waals surface area contributed by atoms with Crippen molar-refractivity contribution in [3.63, 3.8) is 0 Å². The SMILES string of the molecule is CCC(Cc1ccc(-c2nnn[nH]2)cc1)c1cccc(OCc2ccc3ccccc3n2)c1. The fraction of sp³-hybridized carbons (Fsp3) is 0.185. The monoisotopic (exact) mass is 435 g/mol. The van der Waals surface area contributed by atoms with Crippen molar-refractivity contribution in [1.29, 1.82) is 0 Å². The summed E-state index contributed by atoms with van der Waals surface area (Å²) in [5.41, 5.74) is 5.46. The molecule has 0 aliphatic heterocycles. The minimum absolute atomic E-state index is 0.408. The van der Waals surface area contributed by atoms with Gasteiger partial charge in [-0.25, -0.2) is 10.1 Å². The van der Waals surface area contributed by atoms with Gasteiger partial charge in [0.1, 0.15) is 12.4 Å². The summed E-state index contributed by atoms with van der Waals surface area (Å²) in [5.74, 6) is 1.96. The van der Waals surface area contributed by atoms with Gasteiger partial charge in [0.25, 0.3) is 0 Å². The number of hydrogen-bond acceptors (Lipinski definition) is 5. The Morgan fingerprint density at radius 3 is 2.61 bits per heavy atom. The number of pyridine rings is 1. The molecule has 6 heteroatoms. The van der Waals surface area contributed by atoms with E-state index in [1.165, 1.54) is 11.1 Å². The number of aromatic nitrogens is 5. The van der Waals surface area contributed by atoms with Crippen molar-refractivity contribution in [1.82, 2.24) is 25.6 Å². The summed E-state index contributed by atoms with van der Waals surface area (Å²) in [7, 11) is 0. The fourth-order valence-electron chi connectivity index (χ4n) is 4.07. The predicted molar refractivity (Wildman–Crippen MR) is 129 cm³/mol. The minimum atomic E-state index is 0.408. The topological polar surface area (TPSA) is 76.6 Å². The lowest BCUT2D eigenvalue weighted by Crippen LogP contribution is -2.03. The molecule has 1 N–H and O–H groups in total. The van der Waals surface area contributed by atoms with Crippen molar-refractivity contribution >= 4 is 10.9 Å². The van der Waals surface area contributed by atoms with E-state index < -0.39 is 0 Å². The van der Waals surface area contributed by atoms with Crippen molar-refractivity contribution in [2.75, 3.05) is 0 Å². The predicted octanol–water partition coefficient (Wildman–Crippen LogP) is 5.73. The Bertz CT molecular complexity index is 1330.